The van der Waals surface area contributed by atoms with Crippen molar-refractivity contribution in [2.45, 2.75) is 52.3 Å². The number of nitrogens with one attached hydrogen (secondary N) is 1. The van der Waals surface area contributed by atoms with Gasteiger partial charge in [0.25, 0.3) is 0 Å². The highest BCUT2D eigenvalue weighted by Gasteiger charge is 2.36. The van der Waals surface area contributed by atoms with E-state index in [2.05, 4.69) is 10.1 Å². The van der Waals surface area contributed by atoms with Gasteiger partial charge in [-0.25, -0.2) is 14.4 Å². The van der Waals surface area contributed by atoms with E-state index < -0.39 is 64.7 Å². The molecule has 0 aliphatic heterocycles. The van der Waals surface area contributed by atoms with Crippen molar-refractivity contribution >= 4 is 57.9 Å². The van der Waals surface area contributed by atoms with E-state index in [0.717, 1.165) is 7.11 Å². The molecule has 0 bridgehead atoms. The quantitative estimate of drug-likeness (QED) is 0.225. The van der Waals surface area contributed by atoms with Gasteiger partial charge in [0, 0.05) is 5.75 Å². The van der Waals surface area contributed by atoms with Gasteiger partial charge in [0.05, 0.1) is 23.7 Å². The van der Waals surface area contributed by atoms with Crippen LogP contribution in [0.25, 0.3) is 0 Å². The van der Waals surface area contributed by atoms with Gasteiger partial charge in [0.1, 0.15) is 6.04 Å². The van der Waals surface area contributed by atoms with Crippen molar-refractivity contribution in [3.05, 3.63) is 0 Å². The number of carbonyl (C=O) groups excluding carboxylic acids is 6. The lowest BCUT2D eigenvalue weighted by Crippen LogP contribution is -2.50. The first-order valence-corrected chi connectivity index (χ1v) is 11.9. The van der Waals surface area contributed by atoms with Crippen molar-refractivity contribution in [3.63, 3.8) is 0 Å². The average Bonchev–Trinajstić information content (AvgIpc) is 2.74. The van der Waals surface area contributed by atoms with Gasteiger partial charge in [-0.15, -0.1) is 0 Å². The summed E-state index contributed by atoms with van der Waals surface area (Å²) in [4.78, 5) is 71.2. The Morgan fingerprint density at radius 1 is 0.765 bits per heavy atom. The highest BCUT2D eigenvalue weighted by Crippen LogP contribution is 2.27. The minimum absolute atomic E-state index is 0.244. The number of amides is 1. The smallest absolute Gasteiger partial charge is 0.371 e. The number of carbonyl (C=O) groups is 6. The molecular weight excluding hydrogens is 494 g/mol. The van der Waals surface area contributed by atoms with Crippen LogP contribution in [0.3, 0.4) is 0 Å². The summed E-state index contributed by atoms with van der Waals surface area (Å²) in [6.45, 7) is 8.09. The SMILES string of the molecule is COC(=O)[C@H](CSC(=O)OCOC(=O)C(C)C)NC(=O)C(C)(C)SC(=O)OCOC(=O)C(C)C. The van der Waals surface area contributed by atoms with E-state index in [1.54, 1.807) is 27.7 Å². The molecule has 0 radical (unpaired) electrons. The fourth-order valence-electron chi connectivity index (χ4n) is 1.72. The summed E-state index contributed by atoms with van der Waals surface area (Å²) in [5.74, 6) is -3.68. The van der Waals surface area contributed by atoms with Crippen molar-refractivity contribution in [1.29, 1.82) is 0 Å². The van der Waals surface area contributed by atoms with Gasteiger partial charge in [0.15, 0.2) is 0 Å². The molecule has 0 heterocycles. The first kappa shape index (κ1) is 31.5. The van der Waals surface area contributed by atoms with Crippen LogP contribution in [-0.4, -0.2) is 71.7 Å². The maximum Gasteiger partial charge on any atom is 0.371 e. The molecule has 0 unspecified atom stereocenters. The van der Waals surface area contributed by atoms with Crippen molar-refractivity contribution in [1.82, 2.24) is 5.32 Å². The molecule has 0 rings (SSSR count). The van der Waals surface area contributed by atoms with Gasteiger partial charge in [0.2, 0.25) is 19.5 Å². The molecule has 14 heteroatoms. The number of thioether (sulfide) groups is 2. The molecule has 1 amide bonds. The fourth-order valence-corrected chi connectivity index (χ4v) is 3.05. The zero-order valence-electron chi connectivity index (χ0n) is 20.2. The van der Waals surface area contributed by atoms with Crippen molar-refractivity contribution in [2.24, 2.45) is 11.8 Å². The molecule has 34 heavy (non-hydrogen) atoms. The molecule has 1 N–H and O–H groups in total. The van der Waals surface area contributed by atoms with E-state index in [-0.39, 0.29) is 11.7 Å². The van der Waals surface area contributed by atoms with Crippen LogP contribution in [0, 0.1) is 11.8 Å². The number of methoxy groups -OCH3 is 1. The fraction of sp³-hybridized carbons (Fsp3) is 0.700. The Bertz CT molecular complexity index is 753. The van der Waals surface area contributed by atoms with Crippen LogP contribution >= 0.6 is 23.5 Å². The Hall–Kier alpha value is -2.48. The van der Waals surface area contributed by atoms with Crippen molar-refractivity contribution in [2.75, 3.05) is 26.4 Å². The topological polar surface area (TPSA) is 161 Å². The zero-order chi connectivity index (χ0) is 26.5. The Balaban J connectivity index is 4.74. The number of hydrogen-bond donors (Lipinski definition) is 1. The van der Waals surface area contributed by atoms with E-state index in [1.165, 1.54) is 13.8 Å². The Morgan fingerprint density at radius 2 is 1.24 bits per heavy atom. The lowest BCUT2D eigenvalue weighted by molar-refractivity contribution is -0.156. The summed E-state index contributed by atoms with van der Waals surface area (Å²) in [5.41, 5.74) is 0. The standard InChI is InChI=1S/C20H31NO11S2/c1-11(2)14(22)29-9-31-18(26)33-8-13(16(24)28-7)21-17(25)20(5,6)34-19(27)32-10-30-15(23)12(3)4/h11-13H,8-10H2,1-7H3,(H,21,25)/t13-/m0/s1. The molecule has 0 saturated carbocycles. The van der Waals surface area contributed by atoms with Gasteiger partial charge >= 0.3 is 28.5 Å². The monoisotopic (exact) mass is 525 g/mol. The Kier molecular flexibility index (Phi) is 14.3. The maximum atomic E-state index is 12.6. The average molecular weight is 526 g/mol. The largest absolute Gasteiger partial charge is 0.467 e. The number of ether oxygens (including phenoxy) is 5. The third kappa shape index (κ3) is 12.7. The van der Waals surface area contributed by atoms with Gasteiger partial charge < -0.3 is 29.0 Å². The molecule has 1 atom stereocenters. The molecule has 0 aliphatic carbocycles. The van der Waals surface area contributed by atoms with Crippen LogP contribution in [-0.2, 0) is 42.9 Å². The van der Waals surface area contributed by atoms with Crippen LogP contribution in [0.1, 0.15) is 41.5 Å². The molecule has 0 aliphatic rings. The second kappa shape index (κ2) is 15.4. The molecule has 0 saturated heterocycles. The summed E-state index contributed by atoms with van der Waals surface area (Å²) in [5, 5.41) is 0.691. The molecule has 0 aromatic rings. The summed E-state index contributed by atoms with van der Waals surface area (Å²) >= 11 is 1.06. The first-order valence-electron chi connectivity index (χ1n) is 10.1. The Morgan fingerprint density at radius 3 is 1.68 bits per heavy atom. The van der Waals surface area contributed by atoms with Crippen molar-refractivity contribution in [3.8, 4) is 0 Å². The van der Waals surface area contributed by atoms with E-state index in [1.807, 2.05) is 0 Å². The van der Waals surface area contributed by atoms with Crippen LogP contribution in [0.15, 0.2) is 0 Å². The number of rotatable bonds is 12. The normalized spacial score (nSPS) is 11.9. The molecule has 12 nitrogen and oxygen atoms in total. The van der Waals surface area contributed by atoms with Gasteiger partial charge in [-0.05, 0) is 37.4 Å². The molecule has 194 valence electrons. The lowest BCUT2D eigenvalue weighted by atomic mass is 10.2. The minimum Gasteiger partial charge on any atom is -0.467 e. The lowest BCUT2D eigenvalue weighted by Gasteiger charge is -2.24. The summed E-state index contributed by atoms with van der Waals surface area (Å²) in [6, 6.07) is -1.24. The zero-order valence-corrected chi connectivity index (χ0v) is 21.8. The van der Waals surface area contributed by atoms with E-state index >= 15 is 0 Å². The summed E-state index contributed by atoms with van der Waals surface area (Å²) in [6.07, 6.45) is 0. The number of hydrogen-bond acceptors (Lipinski definition) is 13. The van der Waals surface area contributed by atoms with E-state index in [0.29, 0.717) is 23.5 Å². The third-order valence-corrected chi connectivity index (χ3v) is 5.58. The molecule has 0 spiro atoms. The van der Waals surface area contributed by atoms with E-state index in [9.17, 15) is 28.8 Å². The van der Waals surface area contributed by atoms with Gasteiger partial charge in [-0.3, -0.25) is 14.4 Å². The predicted octanol–water partition coefficient (Wildman–Crippen LogP) is 2.48. The molecule has 0 fully saturated rings. The highest BCUT2D eigenvalue weighted by molar-refractivity contribution is 8.15. The van der Waals surface area contributed by atoms with Gasteiger partial charge in [-0.2, -0.15) is 0 Å². The molecule has 0 aromatic heterocycles. The highest BCUT2D eigenvalue weighted by atomic mass is 32.2. The molecular formula is C20H31NO11S2. The maximum absolute atomic E-state index is 12.6. The van der Waals surface area contributed by atoms with Crippen LogP contribution in [0.5, 0.6) is 0 Å². The van der Waals surface area contributed by atoms with Crippen LogP contribution in [0.2, 0.25) is 0 Å². The predicted molar refractivity (Wildman–Crippen MR) is 123 cm³/mol. The first-order chi connectivity index (χ1) is 15.7. The van der Waals surface area contributed by atoms with E-state index in [4.69, 9.17) is 18.9 Å². The van der Waals surface area contributed by atoms with Gasteiger partial charge in [-0.1, -0.05) is 27.7 Å². The molecule has 0 aromatic carbocycles. The second-order valence-corrected chi connectivity index (χ2v) is 10.2. The second-order valence-electron chi connectivity index (χ2n) is 7.73. The van der Waals surface area contributed by atoms with Crippen LogP contribution in [0.4, 0.5) is 9.59 Å². The minimum atomic E-state index is -1.39. The number of esters is 3. The summed E-state index contributed by atoms with van der Waals surface area (Å²) < 4.78 is 22.2. The van der Waals surface area contributed by atoms with Crippen molar-refractivity contribution < 1.29 is 52.5 Å². The third-order valence-electron chi connectivity index (χ3n) is 3.74. The summed E-state index contributed by atoms with van der Waals surface area (Å²) in [7, 11) is 1.10. The van der Waals surface area contributed by atoms with Crippen LogP contribution < -0.4 is 5.32 Å². The Labute approximate surface area is 206 Å².